The molecule has 4 atom stereocenters. The van der Waals surface area contributed by atoms with Crippen molar-refractivity contribution in [2.75, 3.05) is 40.9 Å². The van der Waals surface area contributed by atoms with Gasteiger partial charge in [0.1, 0.15) is 5.75 Å². The van der Waals surface area contributed by atoms with E-state index < -0.39 is 0 Å². The number of likely N-dealkylation sites (tertiary alicyclic amines) is 1. The zero-order valence-corrected chi connectivity index (χ0v) is 24.2. The molecule has 0 aromatic heterocycles. The second-order valence-electron chi connectivity index (χ2n) is 11.2. The lowest BCUT2D eigenvalue weighted by molar-refractivity contribution is -0.139. The lowest BCUT2D eigenvalue weighted by Gasteiger charge is -2.56. The third-order valence-corrected chi connectivity index (χ3v) is 9.06. The zero-order chi connectivity index (χ0) is 26.7. The van der Waals surface area contributed by atoms with Gasteiger partial charge in [0.15, 0.2) is 0 Å². The summed E-state index contributed by atoms with van der Waals surface area (Å²) in [6, 6.07) is 14.1. The standard InChI is InChI=1S/C30H40Cl2N2O3/c1-20(2)18-34(29(35)14-21-9-10-26(31)27(32)13-21)23-16-28(37-5)25-19-33(3)12-11-30(25,17-23)22-7-6-8-24(15-22)36-4/h6-10,13,15,20,23,25,28H,11-12,14,16-19H2,1-5H3/t23-,25-,28?,30-/m0/s1. The van der Waals surface area contributed by atoms with E-state index in [1.54, 1.807) is 19.2 Å². The number of methoxy groups -OCH3 is 2. The van der Waals surface area contributed by atoms with Crippen molar-refractivity contribution in [2.24, 2.45) is 11.8 Å². The molecule has 2 aromatic carbocycles. The molecular formula is C30H40Cl2N2O3. The summed E-state index contributed by atoms with van der Waals surface area (Å²) in [5, 5.41) is 0.978. The minimum absolute atomic E-state index is 0.0557. The summed E-state index contributed by atoms with van der Waals surface area (Å²) in [6.45, 7) is 7.04. The van der Waals surface area contributed by atoms with Crippen LogP contribution in [0.2, 0.25) is 10.0 Å². The number of nitrogens with zero attached hydrogens (tertiary/aromatic N) is 2. The van der Waals surface area contributed by atoms with Gasteiger partial charge in [0.25, 0.3) is 0 Å². The van der Waals surface area contributed by atoms with Crippen LogP contribution in [0, 0.1) is 11.8 Å². The average molecular weight is 548 g/mol. The van der Waals surface area contributed by atoms with E-state index in [9.17, 15) is 4.79 Å². The largest absolute Gasteiger partial charge is 0.497 e. The normalized spacial score (nSPS) is 26.1. The van der Waals surface area contributed by atoms with Gasteiger partial charge in [-0.25, -0.2) is 0 Å². The number of rotatable bonds is 8. The van der Waals surface area contributed by atoms with Crippen LogP contribution in [-0.4, -0.2) is 68.8 Å². The third-order valence-electron chi connectivity index (χ3n) is 8.32. The molecule has 5 nitrogen and oxygen atoms in total. The monoisotopic (exact) mass is 546 g/mol. The fourth-order valence-corrected chi connectivity index (χ4v) is 6.84. The van der Waals surface area contributed by atoms with Crippen molar-refractivity contribution in [2.45, 2.75) is 57.1 Å². The molecule has 2 aliphatic rings. The smallest absolute Gasteiger partial charge is 0.227 e. The summed E-state index contributed by atoms with van der Waals surface area (Å²) >= 11 is 12.4. The Morgan fingerprint density at radius 1 is 1.16 bits per heavy atom. The van der Waals surface area contributed by atoms with Crippen LogP contribution in [0.3, 0.4) is 0 Å². The minimum Gasteiger partial charge on any atom is -0.497 e. The lowest BCUT2D eigenvalue weighted by Crippen LogP contribution is -2.61. The maximum absolute atomic E-state index is 13.9. The van der Waals surface area contributed by atoms with E-state index in [2.05, 4.69) is 48.9 Å². The number of hydrogen-bond acceptors (Lipinski definition) is 4. The molecule has 0 radical (unpaired) electrons. The number of carbonyl (C=O) groups is 1. The summed E-state index contributed by atoms with van der Waals surface area (Å²) in [6.07, 6.45) is 3.13. The zero-order valence-electron chi connectivity index (χ0n) is 22.7. The Labute approximate surface area is 232 Å². The first kappa shape index (κ1) is 28.2. The summed E-state index contributed by atoms with van der Waals surface area (Å²) in [7, 11) is 5.74. The van der Waals surface area contributed by atoms with Crippen molar-refractivity contribution in [1.29, 1.82) is 0 Å². The fourth-order valence-electron chi connectivity index (χ4n) is 6.52. The van der Waals surface area contributed by atoms with Gasteiger partial charge in [-0.3, -0.25) is 4.79 Å². The number of piperidine rings is 1. The van der Waals surface area contributed by atoms with E-state index in [-0.39, 0.29) is 23.5 Å². The van der Waals surface area contributed by atoms with Gasteiger partial charge in [0, 0.05) is 37.6 Å². The number of ether oxygens (including phenoxy) is 2. The molecule has 7 heteroatoms. The maximum atomic E-state index is 13.9. The molecule has 2 aromatic rings. The van der Waals surface area contributed by atoms with Crippen LogP contribution in [0.25, 0.3) is 0 Å². The van der Waals surface area contributed by atoms with Crippen LogP contribution in [0.15, 0.2) is 42.5 Å². The predicted octanol–water partition coefficient (Wildman–Crippen LogP) is 6.10. The van der Waals surface area contributed by atoms with Crippen molar-refractivity contribution in [1.82, 2.24) is 9.80 Å². The van der Waals surface area contributed by atoms with Gasteiger partial charge in [0.2, 0.25) is 5.91 Å². The van der Waals surface area contributed by atoms with Crippen molar-refractivity contribution in [3.63, 3.8) is 0 Å². The molecule has 0 N–H and O–H groups in total. The van der Waals surface area contributed by atoms with E-state index in [0.717, 1.165) is 43.7 Å². The van der Waals surface area contributed by atoms with E-state index >= 15 is 0 Å². The summed E-state index contributed by atoms with van der Waals surface area (Å²) < 4.78 is 11.8. The molecule has 1 amide bonds. The van der Waals surface area contributed by atoms with E-state index in [1.807, 2.05) is 19.2 Å². The van der Waals surface area contributed by atoms with Gasteiger partial charge in [-0.2, -0.15) is 0 Å². The summed E-state index contributed by atoms with van der Waals surface area (Å²) in [5.41, 5.74) is 2.08. The van der Waals surface area contributed by atoms with E-state index in [4.69, 9.17) is 32.7 Å². The number of halogens is 2. The maximum Gasteiger partial charge on any atom is 0.227 e. The number of hydrogen-bond donors (Lipinski definition) is 0. The van der Waals surface area contributed by atoms with Gasteiger partial charge in [-0.1, -0.05) is 55.2 Å². The second kappa shape index (κ2) is 11.9. The molecule has 4 rings (SSSR count). The molecule has 1 aliphatic carbocycles. The third kappa shape index (κ3) is 6.11. The fraction of sp³-hybridized carbons (Fsp3) is 0.567. The first-order chi connectivity index (χ1) is 17.7. The molecule has 0 spiro atoms. The minimum atomic E-state index is -0.0935. The topological polar surface area (TPSA) is 42.0 Å². The highest BCUT2D eigenvalue weighted by molar-refractivity contribution is 6.42. The van der Waals surface area contributed by atoms with Crippen molar-refractivity contribution in [3.8, 4) is 5.75 Å². The van der Waals surface area contributed by atoms with Crippen LogP contribution in [0.5, 0.6) is 5.75 Å². The number of benzene rings is 2. The van der Waals surface area contributed by atoms with Crippen LogP contribution in [0.4, 0.5) is 0 Å². The summed E-state index contributed by atoms with van der Waals surface area (Å²) in [5.74, 6) is 1.68. The Hall–Kier alpha value is -1.79. The van der Waals surface area contributed by atoms with Gasteiger partial charge in [0.05, 0.1) is 29.7 Å². The average Bonchev–Trinajstić information content (AvgIpc) is 2.88. The van der Waals surface area contributed by atoms with Crippen LogP contribution >= 0.6 is 23.2 Å². The first-order valence-corrected chi connectivity index (χ1v) is 14.0. The quantitative estimate of drug-likeness (QED) is 0.401. The Kier molecular flexibility index (Phi) is 9.11. The van der Waals surface area contributed by atoms with Crippen molar-refractivity contribution >= 4 is 29.1 Å². The molecule has 37 heavy (non-hydrogen) atoms. The highest BCUT2D eigenvalue weighted by Crippen LogP contribution is 2.51. The number of amides is 1. The highest BCUT2D eigenvalue weighted by Gasteiger charge is 2.53. The number of fused-ring (bicyclic) bond motifs is 1. The molecular weight excluding hydrogens is 507 g/mol. The van der Waals surface area contributed by atoms with E-state index in [1.165, 1.54) is 5.56 Å². The van der Waals surface area contributed by atoms with Crippen LogP contribution in [-0.2, 0) is 21.4 Å². The van der Waals surface area contributed by atoms with Crippen LogP contribution < -0.4 is 4.74 Å². The molecule has 1 unspecified atom stereocenters. The predicted molar refractivity (Wildman–Crippen MR) is 151 cm³/mol. The Bertz CT molecular complexity index is 1090. The SMILES string of the molecule is COc1cccc([C@@]23CCN(C)C[C@H]2C(OC)C[C@H](N(CC(C)C)C(=O)Cc2ccc(Cl)c(Cl)c2)C3)c1. The van der Waals surface area contributed by atoms with Gasteiger partial charge in [-0.15, -0.1) is 0 Å². The molecule has 1 saturated heterocycles. The molecule has 2 fully saturated rings. The lowest BCUT2D eigenvalue weighted by atomic mass is 9.56. The highest BCUT2D eigenvalue weighted by atomic mass is 35.5. The number of carbonyl (C=O) groups excluding carboxylic acids is 1. The first-order valence-electron chi connectivity index (χ1n) is 13.3. The Morgan fingerprint density at radius 2 is 1.95 bits per heavy atom. The molecule has 202 valence electrons. The van der Waals surface area contributed by atoms with E-state index in [0.29, 0.717) is 34.8 Å². The molecule has 0 bridgehead atoms. The second-order valence-corrected chi connectivity index (χ2v) is 12.1. The van der Waals surface area contributed by atoms with Crippen molar-refractivity contribution < 1.29 is 14.3 Å². The Morgan fingerprint density at radius 3 is 2.62 bits per heavy atom. The van der Waals surface area contributed by atoms with Gasteiger partial charge >= 0.3 is 0 Å². The molecule has 1 saturated carbocycles. The Balaban J connectivity index is 1.71. The van der Waals surface area contributed by atoms with Gasteiger partial charge < -0.3 is 19.3 Å². The molecule has 1 heterocycles. The molecule has 1 aliphatic heterocycles. The van der Waals surface area contributed by atoms with Gasteiger partial charge in [-0.05, 0) is 74.2 Å². The van der Waals surface area contributed by atoms with Crippen molar-refractivity contribution in [3.05, 3.63) is 63.6 Å². The summed E-state index contributed by atoms with van der Waals surface area (Å²) in [4.78, 5) is 18.4. The van der Waals surface area contributed by atoms with Crippen LogP contribution in [0.1, 0.15) is 44.2 Å².